The maximum absolute atomic E-state index is 13.1. The molecule has 0 saturated carbocycles. The summed E-state index contributed by atoms with van der Waals surface area (Å²) in [4.78, 5) is 13.2. The molecule has 4 rings (SSSR count). The minimum Gasteiger partial charge on any atom is -0.496 e. The number of hydrogen-bond donors (Lipinski definition) is 1. The van der Waals surface area contributed by atoms with Crippen molar-refractivity contribution in [1.82, 2.24) is 19.5 Å². The van der Waals surface area contributed by atoms with E-state index in [9.17, 15) is 4.39 Å². The molecule has 0 radical (unpaired) electrons. The minimum absolute atomic E-state index is 0.331. The molecule has 0 aliphatic heterocycles. The average molecular weight is 405 g/mol. The van der Waals surface area contributed by atoms with Crippen molar-refractivity contribution in [1.29, 1.82) is 0 Å². The van der Waals surface area contributed by atoms with Gasteiger partial charge in [-0.15, -0.1) is 0 Å². The van der Waals surface area contributed by atoms with Crippen molar-refractivity contribution < 1.29 is 13.9 Å². The largest absolute Gasteiger partial charge is 0.496 e. The van der Waals surface area contributed by atoms with Crippen LogP contribution in [0.3, 0.4) is 0 Å². The van der Waals surface area contributed by atoms with Crippen LogP contribution in [0.4, 0.5) is 10.3 Å². The van der Waals surface area contributed by atoms with Gasteiger partial charge in [-0.2, -0.15) is 4.98 Å². The number of hydrogen-bond acceptors (Lipinski definition) is 6. The van der Waals surface area contributed by atoms with Crippen molar-refractivity contribution >= 4 is 5.95 Å². The maximum Gasteiger partial charge on any atom is 0.226 e. The van der Waals surface area contributed by atoms with E-state index in [2.05, 4.69) is 20.3 Å². The fraction of sp³-hybridized carbons (Fsp3) is 0.136. The van der Waals surface area contributed by atoms with Crippen LogP contribution in [0.1, 0.15) is 17.4 Å². The summed E-state index contributed by atoms with van der Waals surface area (Å²) in [7, 11) is 3.54. The number of aryl methyl sites for hydroxylation is 1. The van der Waals surface area contributed by atoms with E-state index in [4.69, 9.17) is 9.47 Å². The van der Waals surface area contributed by atoms with Crippen molar-refractivity contribution in [2.75, 3.05) is 12.4 Å². The Hall–Kier alpha value is -3.94. The Kier molecular flexibility index (Phi) is 5.56. The first-order valence-corrected chi connectivity index (χ1v) is 9.27. The molecular weight excluding hydrogens is 385 g/mol. The molecular formula is C22H20FN5O2. The Morgan fingerprint density at radius 3 is 2.53 bits per heavy atom. The molecule has 0 bridgehead atoms. The molecule has 2 aromatic heterocycles. The number of rotatable bonds is 7. The van der Waals surface area contributed by atoms with Gasteiger partial charge < -0.3 is 19.4 Å². The van der Waals surface area contributed by atoms with Crippen LogP contribution in [-0.2, 0) is 7.05 Å². The molecule has 0 saturated heterocycles. The number of ether oxygens (including phenoxy) is 2. The van der Waals surface area contributed by atoms with E-state index in [0.717, 1.165) is 17.1 Å². The highest BCUT2D eigenvalue weighted by Crippen LogP contribution is 2.31. The van der Waals surface area contributed by atoms with Crippen molar-refractivity contribution in [2.45, 2.75) is 6.04 Å². The van der Waals surface area contributed by atoms with Crippen LogP contribution in [0.25, 0.3) is 0 Å². The van der Waals surface area contributed by atoms with Crippen LogP contribution in [0, 0.1) is 5.82 Å². The lowest BCUT2D eigenvalue weighted by molar-refractivity contribution is 0.408. The molecule has 1 unspecified atom stereocenters. The summed E-state index contributed by atoms with van der Waals surface area (Å²) in [6.07, 6.45) is 5.19. The lowest BCUT2D eigenvalue weighted by Gasteiger charge is -2.21. The Bertz CT molecular complexity index is 1130. The first-order valence-electron chi connectivity index (χ1n) is 9.27. The molecule has 1 atom stereocenters. The van der Waals surface area contributed by atoms with Gasteiger partial charge in [-0.3, -0.25) is 0 Å². The summed E-state index contributed by atoms with van der Waals surface area (Å²) in [5, 5.41) is 3.32. The van der Waals surface area contributed by atoms with E-state index in [1.807, 2.05) is 42.1 Å². The SMILES string of the molecule is COc1ccccc1C(Nc1nccc(Oc2ccc(F)cc2)n1)c1nccn1C. The Balaban J connectivity index is 1.65. The number of halogens is 1. The van der Waals surface area contributed by atoms with Gasteiger partial charge in [0.1, 0.15) is 29.2 Å². The maximum atomic E-state index is 13.1. The molecule has 2 heterocycles. The zero-order valence-corrected chi connectivity index (χ0v) is 16.5. The third kappa shape index (κ3) is 4.22. The van der Waals surface area contributed by atoms with Gasteiger partial charge in [0.2, 0.25) is 11.8 Å². The van der Waals surface area contributed by atoms with E-state index in [1.54, 1.807) is 25.6 Å². The third-order valence-corrected chi connectivity index (χ3v) is 4.51. The highest BCUT2D eigenvalue weighted by molar-refractivity contribution is 5.45. The van der Waals surface area contributed by atoms with Crippen LogP contribution >= 0.6 is 0 Å². The molecule has 152 valence electrons. The Morgan fingerprint density at radius 1 is 1.00 bits per heavy atom. The highest BCUT2D eigenvalue weighted by atomic mass is 19.1. The molecule has 0 amide bonds. The topological polar surface area (TPSA) is 74.1 Å². The Labute approximate surface area is 173 Å². The van der Waals surface area contributed by atoms with Crippen LogP contribution in [0.2, 0.25) is 0 Å². The predicted molar refractivity (Wildman–Crippen MR) is 110 cm³/mol. The number of methoxy groups -OCH3 is 1. The monoisotopic (exact) mass is 405 g/mol. The number of nitrogens with one attached hydrogen (secondary N) is 1. The summed E-state index contributed by atoms with van der Waals surface area (Å²) in [6, 6.07) is 14.7. The van der Waals surface area contributed by atoms with Crippen molar-refractivity contribution in [3.8, 4) is 17.4 Å². The van der Waals surface area contributed by atoms with E-state index in [1.165, 1.54) is 24.3 Å². The third-order valence-electron chi connectivity index (χ3n) is 4.51. The van der Waals surface area contributed by atoms with Crippen molar-refractivity contribution in [3.63, 3.8) is 0 Å². The summed E-state index contributed by atoms with van der Waals surface area (Å²) in [5.74, 6) is 2.32. The quantitative estimate of drug-likeness (QED) is 0.493. The number of para-hydroxylation sites is 1. The molecule has 0 aliphatic rings. The van der Waals surface area contributed by atoms with Gasteiger partial charge in [0, 0.05) is 37.3 Å². The van der Waals surface area contributed by atoms with Gasteiger partial charge >= 0.3 is 0 Å². The molecule has 0 aliphatic carbocycles. The van der Waals surface area contributed by atoms with E-state index >= 15 is 0 Å². The second-order valence-corrected chi connectivity index (χ2v) is 6.49. The average Bonchev–Trinajstić information content (AvgIpc) is 3.19. The van der Waals surface area contributed by atoms with Gasteiger partial charge in [-0.05, 0) is 30.3 Å². The van der Waals surface area contributed by atoms with Gasteiger partial charge in [0.05, 0.1) is 7.11 Å². The van der Waals surface area contributed by atoms with Crippen LogP contribution in [0.15, 0.2) is 73.2 Å². The lowest BCUT2D eigenvalue weighted by atomic mass is 10.0. The van der Waals surface area contributed by atoms with Crippen LogP contribution in [0.5, 0.6) is 17.4 Å². The van der Waals surface area contributed by atoms with Crippen molar-refractivity contribution in [3.05, 3.63) is 90.4 Å². The molecule has 0 spiro atoms. The minimum atomic E-state index is -0.359. The summed E-state index contributed by atoms with van der Waals surface area (Å²) >= 11 is 0. The molecule has 7 nitrogen and oxygen atoms in total. The normalized spacial score (nSPS) is 11.7. The smallest absolute Gasteiger partial charge is 0.226 e. The number of nitrogens with zero attached hydrogens (tertiary/aromatic N) is 4. The molecule has 2 aromatic carbocycles. The van der Waals surface area contributed by atoms with Gasteiger partial charge in [0.25, 0.3) is 0 Å². The number of benzene rings is 2. The number of aromatic nitrogens is 4. The number of imidazole rings is 1. The van der Waals surface area contributed by atoms with E-state index < -0.39 is 0 Å². The lowest BCUT2D eigenvalue weighted by Crippen LogP contribution is -2.19. The molecule has 1 N–H and O–H groups in total. The zero-order chi connectivity index (χ0) is 20.9. The second kappa shape index (κ2) is 8.60. The first kappa shape index (κ1) is 19.4. The van der Waals surface area contributed by atoms with Crippen LogP contribution in [-0.4, -0.2) is 26.6 Å². The standard InChI is InChI=1S/C22H20FN5O2/c1-28-14-13-24-21(28)20(17-5-3-4-6-18(17)29-2)27-22-25-12-11-19(26-22)30-16-9-7-15(23)8-10-16/h3-14,20H,1-2H3,(H,25,26,27). The molecule has 30 heavy (non-hydrogen) atoms. The molecule has 4 aromatic rings. The van der Waals surface area contributed by atoms with Crippen molar-refractivity contribution in [2.24, 2.45) is 7.05 Å². The van der Waals surface area contributed by atoms with E-state index in [0.29, 0.717) is 17.6 Å². The molecule has 0 fully saturated rings. The number of anilines is 1. The second-order valence-electron chi connectivity index (χ2n) is 6.49. The molecule has 8 heteroatoms. The first-order chi connectivity index (χ1) is 14.6. The van der Waals surface area contributed by atoms with Gasteiger partial charge in [-0.25, -0.2) is 14.4 Å². The van der Waals surface area contributed by atoms with Gasteiger partial charge in [0.15, 0.2) is 0 Å². The van der Waals surface area contributed by atoms with Gasteiger partial charge in [-0.1, -0.05) is 18.2 Å². The Morgan fingerprint density at radius 2 is 1.80 bits per heavy atom. The zero-order valence-electron chi connectivity index (χ0n) is 16.5. The highest BCUT2D eigenvalue weighted by Gasteiger charge is 2.23. The predicted octanol–water partition coefficient (Wildman–Crippen LogP) is 4.35. The van der Waals surface area contributed by atoms with Crippen LogP contribution < -0.4 is 14.8 Å². The summed E-state index contributed by atoms with van der Waals surface area (Å²) in [6.45, 7) is 0. The fourth-order valence-corrected chi connectivity index (χ4v) is 3.06. The summed E-state index contributed by atoms with van der Waals surface area (Å²) < 4.78 is 26.3. The van der Waals surface area contributed by atoms with E-state index in [-0.39, 0.29) is 11.9 Å². The summed E-state index contributed by atoms with van der Waals surface area (Å²) in [5.41, 5.74) is 0.891. The fourth-order valence-electron chi connectivity index (χ4n) is 3.06.